The van der Waals surface area contributed by atoms with Crippen molar-refractivity contribution < 1.29 is 9.53 Å². The maximum absolute atomic E-state index is 11.4. The normalized spacial score (nSPS) is 13.8. The minimum absolute atomic E-state index is 0.0709. The molecule has 0 aliphatic heterocycles. The number of carbonyl (C=O) groups excluding carboxylic acids is 1. The third-order valence-corrected chi connectivity index (χ3v) is 4.14. The minimum atomic E-state index is -0.225. The van der Waals surface area contributed by atoms with Gasteiger partial charge in [-0.15, -0.1) is 16.9 Å². The minimum Gasteiger partial charge on any atom is -0.468 e. The van der Waals surface area contributed by atoms with Crippen molar-refractivity contribution in [3.05, 3.63) is 42.2 Å². The topological polar surface area (TPSA) is 57.0 Å². The summed E-state index contributed by atoms with van der Waals surface area (Å²) in [7, 11) is 1.40. The molecule has 1 aromatic carbocycles. The lowest BCUT2D eigenvalue weighted by Crippen LogP contribution is -2.15. The number of esters is 1. The molecule has 2 aromatic rings. The molecule has 2 rings (SSSR count). The fourth-order valence-corrected chi connectivity index (χ4v) is 2.83. The Hall–Kier alpha value is -1.82. The van der Waals surface area contributed by atoms with Gasteiger partial charge in [0.2, 0.25) is 0 Å². The molecule has 0 bridgehead atoms. The SMILES string of the molecule is COC(=O)[C@@H](C)S[C@H](C)c1cn(-c2ccccc2)nn1. The van der Waals surface area contributed by atoms with Crippen LogP contribution in [0.3, 0.4) is 0 Å². The number of methoxy groups -OCH3 is 1. The number of ether oxygens (including phenoxy) is 1. The fourth-order valence-electron chi connectivity index (χ4n) is 1.77. The van der Waals surface area contributed by atoms with Crippen LogP contribution < -0.4 is 0 Å². The second-order valence-corrected chi connectivity index (χ2v) is 6.05. The lowest BCUT2D eigenvalue weighted by atomic mass is 10.3. The monoisotopic (exact) mass is 291 g/mol. The standard InChI is InChI=1S/C14H17N3O2S/c1-10(20-11(2)14(18)19-3)13-9-17(16-15-13)12-7-5-4-6-8-12/h4-11H,1-3H3/t10-,11-/m1/s1. The first-order valence-electron chi connectivity index (χ1n) is 6.32. The molecule has 0 N–H and O–H groups in total. The van der Waals surface area contributed by atoms with Crippen molar-refractivity contribution in [3.8, 4) is 5.69 Å². The second kappa shape index (κ2) is 6.56. The zero-order valence-electron chi connectivity index (χ0n) is 11.7. The highest BCUT2D eigenvalue weighted by Gasteiger charge is 2.20. The van der Waals surface area contributed by atoms with E-state index in [9.17, 15) is 4.79 Å². The summed E-state index contributed by atoms with van der Waals surface area (Å²) >= 11 is 1.50. The van der Waals surface area contributed by atoms with Gasteiger partial charge in [-0.1, -0.05) is 23.4 Å². The Balaban J connectivity index is 2.07. The Morgan fingerprint density at radius 1 is 1.30 bits per heavy atom. The number of hydrogen-bond donors (Lipinski definition) is 0. The molecule has 0 fully saturated rings. The van der Waals surface area contributed by atoms with Crippen molar-refractivity contribution >= 4 is 17.7 Å². The van der Waals surface area contributed by atoms with E-state index in [4.69, 9.17) is 4.74 Å². The van der Waals surface area contributed by atoms with E-state index in [2.05, 4.69) is 10.3 Å². The molecule has 20 heavy (non-hydrogen) atoms. The number of aromatic nitrogens is 3. The average molecular weight is 291 g/mol. The zero-order chi connectivity index (χ0) is 14.5. The Labute approximate surface area is 122 Å². The molecule has 0 saturated carbocycles. The van der Waals surface area contributed by atoms with Gasteiger partial charge in [0.15, 0.2) is 0 Å². The number of nitrogens with zero attached hydrogens (tertiary/aromatic N) is 3. The predicted octanol–water partition coefficient (Wildman–Crippen LogP) is 2.62. The molecule has 5 nitrogen and oxygen atoms in total. The largest absolute Gasteiger partial charge is 0.468 e. The summed E-state index contributed by atoms with van der Waals surface area (Å²) in [6.07, 6.45) is 1.89. The molecule has 1 heterocycles. The summed E-state index contributed by atoms with van der Waals surface area (Å²) in [6, 6.07) is 9.79. The van der Waals surface area contributed by atoms with E-state index in [1.807, 2.05) is 50.4 Å². The van der Waals surface area contributed by atoms with Gasteiger partial charge in [-0.05, 0) is 26.0 Å². The summed E-state index contributed by atoms with van der Waals surface area (Å²) in [4.78, 5) is 11.4. The third kappa shape index (κ3) is 3.39. The van der Waals surface area contributed by atoms with Gasteiger partial charge in [0.1, 0.15) is 5.25 Å². The lowest BCUT2D eigenvalue weighted by Gasteiger charge is -2.12. The Morgan fingerprint density at radius 2 is 2.00 bits per heavy atom. The van der Waals surface area contributed by atoms with E-state index in [1.54, 1.807) is 4.68 Å². The van der Waals surface area contributed by atoms with E-state index < -0.39 is 0 Å². The van der Waals surface area contributed by atoms with Crippen molar-refractivity contribution in [1.29, 1.82) is 0 Å². The van der Waals surface area contributed by atoms with Crippen molar-refractivity contribution in [3.63, 3.8) is 0 Å². The number of para-hydroxylation sites is 1. The van der Waals surface area contributed by atoms with Crippen LogP contribution in [0.2, 0.25) is 0 Å². The quantitative estimate of drug-likeness (QED) is 0.793. The number of benzene rings is 1. The maximum Gasteiger partial charge on any atom is 0.318 e. The molecule has 2 atom stereocenters. The lowest BCUT2D eigenvalue weighted by molar-refractivity contribution is -0.139. The van der Waals surface area contributed by atoms with Gasteiger partial charge < -0.3 is 4.74 Å². The smallest absolute Gasteiger partial charge is 0.318 e. The molecule has 0 spiro atoms. The highest BCUT2D eigenvalue weighted by molar-refractivity contribution is 8.00. The molecule has 0 amide bonds. The van der Waals surface area contributed by atoms with Crippen LogP contribution in [0.1, 0.15) is 24.8 Å². The van der Waals surface area contributed by atoms with E-state index in [-0.39, 0.29) is 16.5 Å². The molecular weight excluding hydrogens is 274 g/mol. The maximum atomic E-state index is 11.4. The number of rotatable bonds is 5. The first kappa shape index (κ1) is 14.6. The highest BCUT2D eigenvalue weighted by Crippen LogP contribution is 2.30. The predicted molar refractivity (Wildman–Crippen MR) is 78.8 cm³/mol. The van der Waals surface area contributed by atoms with E-state index in [0.717, 1.165) is 11.4 Å². The van der Waals surface area contributed by atoms with Crippen LogP contribution in [-0.2, 0) is 9.53 Å². The van der Waals surface area contributed by atoms with Gasteiger partial charge in [-0.2, -0.15) is 0 Å². The van der Waals surface area contributed by atoms with Gasteiger partial charge in [0.25, 0.3) is 0 Å². The molecule has 0 aliphatic carbocycles. The van der Waals surface area contributed by atoms with Crippen LogP contribution in [0.4, 0.5) is 0 Å². The Kier molecular flexibility index (Phi) is 4.79. The Morgan fingerprint density at radius 3 is 2.65 bits per heavy atom. The van der Waals surface area contributed by atoms with E-state index >= 15 is 0 Å². The summed E-state index contributed by atoms with van der Waals surface area (Å²) in [5.41, 5.74) is 1.80. The first-order chi connectivity index (χ1) is 9.61. The molecule has 6 heteroatoms. The van der Waals surface area contributed by atoms with Crippen LogP contribution >= 0.6 is 11.8 Å². The molecule has 106 valence electrons. The molecule has 0 saturated heterocycles. The highest BCUT2D eigenvalue weighted by atomic mass is 32.2. The van der Waals surface area contributed by atoms with Crippen LogP contribution in [0.5, 0.6) is 0 Å². The van der Waals surface area contributed by atoms with E-state index in [0.29, 0.717) is 0 Å². The van der Waals surface area contributed by atoms with Gasteiger partial charge >= 0.3 is 5.97 Å². The molecular formula is C14H17N3O2S. The van der Waals surface area contributed by atoms with Crippen molar-refractivity contribution in [2.75, 3.05) is 7.11 Å². The van der Waals surface area contributed by atoms with Crippen LogP contribution in [-0.4, -0.2) is 33.3 Å². The van der Waals surface area contributed by atoms with Crippen molar-refractivity contribution in [2.45, 2.75) is 24.3 Å². The molecule has 0 radical (unpaired) electrons. The van der Waals surface area contributed by atoms with Gasteiger partial charge in [0, 0.05) is 5.25 Å². The zero-order valence-corrected chi connectivity index (χ0v) is 12.5. The number of carbonyl (C=O) groups is 1. The van der Waals surface area contributed by atoms with Crippen LogP contribution in [0.15, 0.2) is 36.5 Å². The summed E-state index contributed by atoms with van der Waals surface area (Å²) in [5.74, 6) is -0.225. The molecule has 0 aliphatic rings. The van der Waals surface area contributed by atoms with Crippen molar-refractivity contribution in [2.24, 2.45) is 0 Å². The number of thioether (sulfide) groups is 1. The first-order valence-corrected chi connectivity index (χ1v) is 7.27. The summed E-state index contributed by atoms with van der Waals surface area (Å²) < 4.78 is 6.45. The summed E-state index contributed by atoms with van der Waals surface area (Å²) in [6.45, 7) is 3.83. The molecule has 1 aromatic heterocycles. The van der Waals surface area contributed by atoms with Gasteiger partial charge in [-0.3, -0.25) is 4.79 Å². The fraction of sp³-hybridized carbons (Fsp3) is 0.357. The summed E-state index contributed by atoms with van der Waals surface area (Å²) in [5, 5.41) is 8.13. The van der Waals surface area contributed by atoms with Crippen LogP contribution in [0, 0.1) is 0 Å². The number of hydrogen-bond acceptors (Lipinski definition) is 5. The third-order valence-electron chi connectivity index (χ3n) is 2.89. The van der Waals surface area contributed by atoms with E-state index in [1.165, 1.54) is 18.9 Å². The second-order valence-electron chi connectivity index (χ2n) is 4.37. The molecule has 0 unspecified atom stereocenters. The average Bonchev–Trinajstić information content (AvgIpc) is 2.97. The van der Waals surface area contributed by atoms with Crippen molar-refractivity contribution in [1.82, 2.24) is 15.0 Å². The Bertz CT molecular complexity index is 571. The van der Waals surface area contributed by atoms with Gasteiger partial charge in [0.05, 0.1) is 24.7 Å². The van der Waals surface area contributed by atoms with Crippen LogP contribution in [0.25, 0.3) is 5.69 Å². The van der Waals surface area contributed by atoms with Gasteiger partial charge in [-0.25, -0.2) is 4.68 Å².